The quantitative estimate of drug-likeness (QED) is 0.547. The van der Waals surface area contributed by atoms with Gasteiger partial charge in [-0.3, -0.25) is 5.32 Å². The van der Waals surface area contributed by atoms with Crippen LogP contribution in [0, 0.1) is 6.92 Å². The summed E-state index contributed by atoms with van der Waals surface area (Å²) in [5, 5.41) is 18.2. The SMILES string of the molecule is COc1ccccc1C1NC(c2ccc(C)cc2)=CC(c2cc(Cl)ccc2O)N1. The number of benzene rings is 3. The van der Waals surface area contributed by atoms with Crippen LogP contribution < -0.4 is 15.4 Å². The zero-order valence-electron chi connectivity index (χ0n) is 16.3. The molecule has 4 nitrogen and oxygen atoms in total. The number of phenols is 1. The Hall–Kier alpha value is -2.95. The lowest BCUT2D eigenvalue weighted by Gasteiger charge is -2.34. The van der Waals surface area contributed by atoms with Crippen LogP contribution in [0.2, 0.25) is 5.02 Å². The lowest BCUT2D eigenvalue weighted by Crippen LogP contribution is -2.39. The number of phenolic OH excluding ortho intramolecular Hbond substituents is 1. The Bertz CT molecular complexity index is 1050. The molecule has 0 aliphatic carbocycles. The van der Waals surface area contributed by atoms with Gasteiger partial charge in [0.2, 0.25) is 0 Å². The van der Waals surface area contributed by atoms with Crippen LogP contribution in [0.15, 0.2) is 72.8 Å². The van der Waals surface area contributed by atoms with Gasteiger partial charge in [-0.05, 0) is 42.8 Å². The van der Waals surface area contributed by atoms with E-state index in [0.717, 1.165) is 28.1 Å². The molecule has 0 radical (unpaired) electrons. The third kappa shape index (κ3) is 4.09. The fraction of sp³-hybridized carbons (Fsp3) is 0.167. The molecule has 1 heterocycles. The van der Waals surface area contributed by atoms with Gasteiger partial charge in [0.05, 0.1) is 13.2 Å². The summed E-state index contributed by atoms with van der Waals surface area (Å²) in [6, 6.07) is 21.1. The number of nitrogens with one attached hydrogen (secondary N) is 2. The van der Waals surface area contributed by atoms with Crippen LogP contribution >= 0.6 is 11.6 Å². The number of halogens is 1. The summed E-state index contributed by atoms with van der Waals surface area (Å²) < 4.78 is 5.57. The van der Waals surface area contributed by atoms with Crippen molar-refractivity contribution in [2.75, 3.05) is 7.11 Å². The van der Waals surface area contributed by atoms with Crippen molar-refractivity contribution in [1.29, 1.82) is 0 Å². The number of aromatic hydroxyl groups is 1. The minimum Gasteiger partial charge on any atom is -0.508 e. The first-order valence-electron chi connectivity index (χ1n) is 9.48. The third-order valence-corrected chi connectivity index (χ3v) is 5.35. The van der Waals surface area contributed by atoms with Gasteiger partial charge in [-0.25, -0.2) is 0 Å². The summed E-state index contributed by atoms with van der Waals surface area (Å²) in [4.78, 5) is 0. The van der Waals surface area contributed by atoms with E-state index in [1.807, 2.05) is 24.3 Å². The van der Waals surface area contributed by atoms with Gasteiger partial charge in [0.25, 0.3) is 0 Å². The average molecular weight is 407 g/mol. The largest absolute Gasteiger partial charge is 0.508 e. The first-order chi connectivity index (χ1) is 14.0. The van der Waals surface area contributed by atoms with E-state index in [9.17, 15) is 5.11 Å². The minimum absolute atomic E-state index is 0.201. The topological polar surface area (TPSA) is 53.5 Å². The Balaban J connectivity index is 1.80. The van der Waals surface area contributed by atoms with Gasteiger partial charge in [0.15, 0.2) is 0 Å². The Morgan fingerprint density at radius 1 is 0.966 bits per heavy atom. The average Bonchev–Trinajstić information content (AvgIpc) is 2.75. The van der Waals surface area contributed by atoms with E-state index in [2.05, 4.69) is 47.9 Å². The van der Waals surface area contributed by atoms with Crippen molar-refractivity contribution in [2.24, 2.45) is 0 Å². The molecule has 5 heteroatoms. The molecule has 0 aromatic heterocycles. The second-order valence-corrected chi connectivity index (χ2v) is 7.55. The van der Waals surface area contributed by atoms with Crippen molar-refractivity contribution in [3.63, 3.8) is 0 Å². The monoisotopic (exact) mass is 406 g/mol. The number of hydrogen-bond acceptors (Lipinski definition) is 4. The molecular formula is C24H23ClN2O2. The lowest BCUT2D eigenvalue weighted by molar-refractivity contribution is 0.379. The van der Waals surface area contributed by atoms with Crippen LogP contribution in [0.25, 0.3) is 5.70 Å². The van der Waals surface area contributed by atoms with Crippen LogP contribution in [-0.4, -0.2) is 12.2 Å². The summed E-state index contributed by atoms with van der Waals surface area (Å²) in [5.41, 5.74) is 4.96. The predicted octanol–water partition coefficient (Wildman–Crippen LogP) is 5.34. The number of aryl methyl sites for hydroxylation is 1. The molecule has 3 N–H and O–H groups in total. The molecule has 4 rings (SSSR count). The highest BCUT2D eigenvalue weighted by Crippen LogP contribution is 2.36. The maximum absolute atomic E-state index is 10.5. The summed E-state index contributed by atoms with van der Waals surface area (Å²) >= 11 is 6.21. The van der Waals surface area contributed by atoms with Crippen molar-refractivity contribution in [1.82, 2.24) is 10.6 Å². The summed E-state index contributed by atoms with van der Waals surface area (Å²) in [6.45, 7) is 2.07. The number of para-hydroxylation sites is 1. The molecule has 0 amide bonds. The molecule has 29 heavy (non-hydrogen) atoms. The molecule has 2 unspecified atom stereocenters. The van der Waals surface area contributed by atoms with E-state index in [0.29, 0.717) is 5.02 Å². The molecule has 0 fully saturated rings. The third-order valence-electron chi connectivity index (χ3n) is 5.12. The second kappa shape index (κ2) is 8.19. The van der Waals surface area contributed by atoms with Gasteiger partial charge in [-0.15, -0.1) is 0 Å². The molecule has 2 atom stereocenters. The van der Waals surface area contributed by atoms with Crippen molar-refractivity contribution >= 4 is 17.3 Å². The van der Waals surface area contributed by atoms with E-state index in [4.69, 9.17) is 16.3 Å². The van der Waals surface area contributed by atoms with Gasteiger partial charge in [0.1, 0.15) is 17.7 Å². The molecule has 0 saturated heterocycles. The van der Waals surface area contributed by atoms with Gasteiger partial charge in [-0.2, -0.15) is 0 Å². The van der Waals surface area contributed by atoms with E-state index < -0.39 is 0 Å². The van der Waals surface area contributed by atoms with Crippen molar-refractivity contribution in [3.8, 4) is 11.5 Å². The fourth-order valence-corrected chi connectivity index (χ4v) is 3.76. The molecule has 0 bridgehead atoms. The van der Waals surface area contributed by atoms with E-state index in [1.165, 1.54) is 5.56 Å². The lowest BCUT2D eigenvalue weighted by atomic mass is 9.97. The highest BCUT2D eigenvalue weighted by atomic mass is 35.5. The van der Waals surface area contributed by atoms with Crippen LogP contribution in [0.1, 0.15) is 34.5 Å². The highest BCUT2D eigenvalue weighted by Gasteiger charge is 2.27. The molecule has 1 aliphatic heterocycles. The van der Waals surface area contributed by atoms with E-state index in [-0.39, 0.29) is 18.0 Å². The van der Waals surface area contributed by atoms with Gasteiger partial charge in [-0.1, -0.05) is 59.6 Å². The second-order valence-electron chi connectivity index (χ2n) is 7.11. The van der Waals surface area contributed by atoms with Gasteiger partial charge in [0, 0.05) is 21.8 Å². The standard InChI is InChI=1S/C24H23ClN2O2/c1-15-7-9-16(10-8-15)20-14-21(19-13-17(25)11-12-22(19)28)27-24(26-20)18-5-3-4-6-23(18)29-2/h3-14,21,24,26-28H,1-2H3. The van der Waals surface area contributed by atoms with Crippen LogP contribution in [-0.2, 0) is 0 Å². The number of ether oxygens (including phenoxy) is 1. The number of hydrogen-bond donors (Lipinski definition) is 3. The van der Waals surface area contributed by atoms with Crippen molar-refractivity contribution in [2.45, 2.75) is 19.1 Å². The molecule has 1 aliphatic rings. The van der Waals surface area contributed by atoms with Crippen molar-refractivity contribution < 1.29 is 9.84 Å². The van der Waals surface area contributed by atoms with Crippen LogP contribution in [0.4, 0.5) is 0 Å². The molecular weight excluding hydrogens is 384 g/mol. The van der Waals surface area contributed by atoms with Gasteiger partial charge >= 0.3 is 0 Å². The zero-order valence-corrected chi connectivity index (χ0v) is 17.1. The van der Waals surface area contributed by atoms with Crippen LogP contribution in [0.5, 0.6) is 11.5 Å². The maximum atomic E-state index is 10.5. The number of methoxy groups -OCH3 is 1. The maximum Gasteiger partial charge on any atom is 0.125 e. The Morgan fingerprint density at radius 3 is 2.48 bits per heavy atom. The molecule has 0 saturated carbocycles. The minimum atomic E-state index is -0.235. The molecule has 148 valence electrons. The summed E-state index contributed by atoms with van der Waals surface area (Å²) in [7, 11) is 1.67. The summed E-state index contributed by atoms with van der Waals surface area (Å²) in [5.74, 6) is 0.990. The predicted molar refractivity (Wildman–Crippen MR) is 117 cm³/mol. The van der Waals surface area contributed by atoms with Crippen LogP contribution in [0.3, 0.4) is 0 Å². The molecule has 3 aromatic rings. The fourth-order valence-electron chi connectivity index (χ4n) is 3.58. The van der Waals surface area contributed by atoms with E-state index in [1.54, 1.807) is 25.3 Å². The Labute approximate surface area is 175 Å². The Morgan fingerprint density at radius 2 is 1.72 bits per heavy atom. The first-order valence-corrected chi connectivity index (χ1v) is 9.86. The molecule has 0 spiro atoms. The number of rotatable bonds is 4. The normalized spacial score (nSPS) is 18.7. The zero-order chi connectivity index (χ0) is 20.4. The smallest absolute Gasteiger partial charge is 0.125 e. The highest BCUT2D eigenvalue weighted by molar-refractivity contribution is 6.30. The van der Waals surface area contributed by atoms with Gasteiger partial charge < -0.3 is 15.2 Å². The first kappa shape index (κ1) is 19.4. The summed E-state index contributed by atoms with van der Waals surface area (Å²) in [6.07, 6.45) is 1.86. The Kier molecular flexibility index (Phi) is 5.47. The molecule has 3 aromatic carbocycles. The van der Waals surface area contributed by atoms with Crippen molar-refractivity contribution in [3.05, 3.63) is 100 Å². The van der Waals surface area contributed by atoms with E-state index >= 15 is 0 Å².